The van der Waals surface area contributed by atoms with Gasteiger partial charge in [-0.15, -0.1) is 11.8 Å². The third kappa shape index (κ3) is 4.97. The number of amides is 2. The molecule has 0 radical (unpaired) electrons. The van der Waals surface area contributed by atoms with Crippen LogP contribution in [0, 0.1) is 0 Å². The highest BCUT2D eigenvalue weighted by Gasteiger charge is 2.31. The van der Waals surface area contributed by atoms with Crippen molar-refractivity contribution in [2.24, 2.45) is 0 Å². The molecule has 0 saturated carbocycles. The van der Waals surface area contributed by atoms with Crippen LogP contribution in [0.1, 0.15) is 29.0 Å². The van der Waals surface area contributed by atoms with Crippen molar-refractivity contribution >= 4 is 23.5 Å². The molecule has 30 heavy (non-hydrogen) atoms. The number of carbonyl (C=O) groups excluding carboxylic acids is 1. The van der Waals surface area contributed by atoms with Crippen molar-refractivity contribution in [1.29, 1.82) is 0 Å². The second-order valence-electron chi connectivity index (χ2n) is 7.25. The Balaban J connectivity index is 1.44. The molecule has 1 N–H and O–H groups in total. The number of hydrogen-bond acceptors (Lipinski definition) is 3. The molecule has 4 rings (SSSR count). The second kappa shape index (κ2) is 9.72. The maximum Gasteiger partial charge on any atom is 0.323 e. The summed E-state index contributed by atoms with van der Waals surface area (Å²) in [6, 6.07) is 26.2. The Morgan fingerprint density at radius 1 is 1.03 bits per heavy atom. The fraction of sp³-hybridized carbons (Fsp3) is 0.240. The molecule has 3 aromatic rings. The number of rotatable bonds is 6. The highest BCUT2D eigenvalue weighted by molar-refractivity contribution is 7.99. The number of aryl methyl sites for hydroxylation is 1. The lowest BCUT2D eigenvalue weighted by molar-refractivity contribution is 0.214. The summed E-state index contributed by atoms with van der Waals surface area (Å²) < 4.78 is 5.98. The van der Waals surface area contributed by atoms with Crippen LogP contribution in [0.3, 0.4) is 0 Å². The number of nitrogens with one attached hydrogen (secondary N) is 1. The van der Waals surface area contributed by atoms with Crippen LogP contribution in [0.15, 0.2) is 78.9 Å². The van der Waals surface area contributed by atoms with E-state index in [1.165, 1.54) is 5.56 Å². The number of urea groups is 1. The van der Waals surface area contributed by atoms with Crippen molar-refractivity contribution in [1.82, 2.24) is 4.90 Å². The summed E-state index contributed by atoms with van der Waals surface area (Å²) in [5, 5.41) is 3.05. The molecule has 1 aliphatic rings. The lowest BCUT2D eigenvalue weighted by Crippen LogP contribution is -2.34. The van der Waals surface area contributed by atoms with Gasteiger partial charge in [0.25, 0.3) is 0 Å². The Hall–Kier alpha value is -2.92. The molecule has 2 amide bonds. The Kier molecular flexibility index (Phi) is 6.60. The van der Waals surface area contributed by atoms with Crippen LogP contribution >= 0.6 is 11.8 Å². The van der Waals surface area contributed by atoms with Gasteiger partial charge in [0.05, 0.1) is 0 Å². The molecule has 1 aliphatic heterocycles. The van der Waals surface area contributed by atoms with Gasteiger partial charge in [0.2, 0.25) is 0 Å². The zero-order valence-electron chi connectivity index (χ0n) is 17.1. The van der Waals surface area contributed by atoms with E-state index in [0.717, 1.165) is 41.3 Å². The van der Waals surface area contributed by atoms with E-state index in [-0.39, 0.29) is 11.4 Å². The quantitative estimate of drug-likeness (QED) is 0.525. The minimum Gasteiger partial charge on any atom is -0.489 e. The normalized spacial score (nSPS) is 15.8. The Bertz CT molecular complexity index is 993. The fourth-order valence-electron chi connectivity index (χ4n) is 3.52. The molecule has 0 bridgehead atoms. The number of thioether (sulfide) groups is 1. The molecule has 1 saturated heterocycles. The molecule has 0 spiro atoms. The lowest BCUT2D eigenvalue weighted by Gasteiger charge is -2.25. The van der Waals surface area contributed by atoms with Crippen LogP contribution < -0.4 is 10.1 Å². The number of carbonyl (C=O) groups is 1. The fourth-order valence-corrected chi connectivity index (χ4v) is 4.76. The predicted molar refractivity (Wildman–Crippen MR) is 124 cm³/mol. The molecule has 0 unspecified atom stereocenters. The first-order valence-electron chi connectivity index (χ1n) is 10.3. The first kappa shape index (κ1) is 20.4. The maximum atomic E-state index is 13.0. The summed E-state index contributed by atoms with van der Waals surface area (Å²) in [4.78, 5) is 14.9. The predicted octanol–water partition coefficient (Wildman–Crippen LogP) is 6.11. The third-order valence-electron chi connectivity index (χ3n) is 5.13. The van der Waals surface area contributed by atoms with Crippen LogP contribution in [0.5, 0.6) is 5.75 Å². The van der Waals surface area contributed by atoms with Crippen LogP contribution in [0.4, 0.5) is 10.5 Å². The summed E-state index contributed by atoms with van der Waals surface area (Å²) in [6.45, 7) is 3.37. The topological polar surface area (TPSA) is 41.6 Å². The van der Waals surface area contributed by atoms with Gasteiger partial charge in [-0.25, -0.2) is 4.79 Å². The van der Waals surface area contributed by atoms with E-state index in [9.17, 15) is 4.79 Å². The molecular weight excluding hydrogens is 392 g/mol. The Morgan fingerprint density at radius 2 is 1.83 bits per heavy atom. The number of hydrogen-bond donors (Lipinski definition) is 1. The minimum absolute atomic E-state index is 0.0142. The van der Waals surface area contributed by atoms with Gasteiger partial charge in [-0.2, -0.15) is 0 Å². The summed E-state index contributed by atoms with van der Waals surface area (Å²) in [5.41, 5.74) is 4.27. The van der Waals surface area contributed by atoms with Gasteiger partial charge in [0.15, 0.2) is 0 Å². The SMILES string of the molecule is CCc1cccc(NC(=O)N2CCS[C@H]2c2cccc(OCc3ccccc3)c2)c1. The zero-order chi connectivity index (χ0) is 20.8. The summed E-state index contributed by atoms with van der Waals surface area (Å²) in [5.74, 6) is 1.74. The molecule has 3 aromatic carbocycles. The highest BCUT2D eigenvalue weighted by Crippen LogP contribution is 2.39. The standard InChI is InChI=1S/C25H26N2O2S/c1-2-19-10-6-12-22(16-19)26-25(28)27-14-15-30-24(27)21-11-7-13-23(17-21)29-18-20-8-4-3-5-9-20/h3-13,16-17,24H,2,14-15,18H2,1H3,(H,26,28)/t24-/m0/s1. The van der Waals surface area contributed by atoms with Gasteiger partial charge in [0, 0.05) is 18.0 Å². The average molecular weight is 419 g/mol. The molecular formula is C25H26N2O2S. The van der Waals surface area contributed by atoms with Crippen molar-refractivity contribution in [2.45, 2.75) is 25.3 Å². The molecule has 0 aliphatic carbocycles. The summed E-state index contributed by atoms with van der Waals surface area (Å²) in [6.07, 6.45) is 0.946. The van der Waals surface area contributed by atoms with E-state index in [2.05, 4.69) is 36.5 Å². The van der Waals surface area contributed by atoms with Crippen LogP contribution in [0.25, 0.3) is 0 Å². The zero-order valence-corrected chi connectivity index (χ0v) is 17.9. The van der Waals surface area contributed by atoms with Crippen molar-refractivity contribution in [2.75, 3.05) is 17.6 Å². The first-order chi connectivity index (χ1) is 14.7. The van der Waals surface area contributed by atoms with Crippen molar-refractivity contribution in [3.63, 3.8) is 0 Å². The molecule has 1 atom stereocenters. The monoisotopic (exact) mass is 418 g/mol. The summed E-state index contributed by atoms with van der Waals surface area (Å²) in [7, 11) is 0. The van der Waals surface area contributed by atoms with E-state index in [4.69, 9.17) is 4.74 Å². The van der Waals surface area contributed by atoms with Crippen LogP contribution in [-0.2, 0) is 13.0 Å². The van der Waals surface area contributed by atoms with Crippen molar-refractivity contribution in [3.05, 3.63) is 95.6 Å². The largest absolute Gasteiger partial charge is 0.489 e. The smallest absolute Gasteiger partial charge is 0.323 e. The number of nitrogens with zero attached hydrogens (tertiary/aromatic N) is 1. The summed E-state index contributed by atoms with van der Waals surface area (Å²) >= 11 is 1.78. The van der Waals surface area contributed by atoms with E-state index in [0.29, 0.717) is 6.61 Å². The van der Waals surface area contributed by atoms with E-state index in [1.54, 1.807) is 11.8 Å². The average Bonchev–Trinajstić information content (AvgIpc) is 3.29. The highest BCUT2D eigenvalue weighted by atomic mass is 32.2. The number of anilines is 1. The van der Waals surface area contributed by atoms with Crippen LogP contribution in [-0.4, -0.2) is 23.2 Å². The molecule has 1 heterocycles. The lowest BCUT2D eigenvalue weighted by atomic mass is 10.1. The van der Waals surface area contributed by atoms with E-state index < -0.39 is 0 Å². The van der Waals surface area contributed by atoms with E-state index in [1.807, 2.05) is 59.5 Å². The maximum absolute atomic E-state index is 13.0. The van der Waals surface area contributed by atoms with Gasteiger partial charge < -0.3 is 15.0 Å². The van der Waals surface area contributed by atoms with Gasteiger partial charge in [-0.3, -0.25) is 0 Å². The number of ether oxygens (including phenoxy) is 1. The van der Waals surface area contributed by atoms with E-state index >= 15 is 0 Å². The third-order valence-corrected chi connectivity index (χ3v) is 6.39. The Morgan fingerprint density at radius 3 is 2.67 bits per heavy atom. The van der Waals surface area contributed by atoms with Crippen molar-refractivity contribution < 1.29 is 9.53 Å². The van der Waals surface area contributed by atoms with Gasteiger partial charge >= 0.3 is 6.03 Å². The second-order valence-corrected chi connectivity index (χ2v) is 8.44. The Labute approximate surface area is 182 Å². The van der Waals surface area contributed by atoms with Crippen LogP contribution in [0.2, 0.25) is 0 Å². The first-order valence-corrected chi connectivity index (χ1v) is 11.3. The minimum atomic E-state index is -0.0612. The van der Waals surface area contributed by atoms with Gasteiger partial charge in [0.1, 0.15) is 17.7 Å². The van der Waals surface area contributed by atoms with Gasteiger partial charge in [-0.05, 0) is 47.4 Å². The molecule has 0 aromatic heterocycles. The molecule has 154 valence electrons. The molecule has 4 nitrogen and oxygen atoms in total. The molecule has 1 fully saturated rings. The van der Waals surface area contributed by atoms with Crippen molar-refractivity contribution in [3.8, 4) is 5.75 Å². The number of benzene rings is 3. The van der Waals surface area contributed by atoms with Gasteiger partial charge in [-0.1, -0.05) is 61.5 Å². The molecule has 5 heteroatoms.